The number of rotatable bonds is 13. The first-order valence-electron chi connectivity index (χ1n) is 14.2. The van der Waals surface area contributed by atoms with Crippen LogP contribution < -0.4 is 5.32 Å². The van der Waals surface area contributed by atoms with Gasteiger partial charge in [0.1, 0.15) is 0 Å². The van der Waals surface area contributed by atoms with E-state index in [-0.39, 0.29) is 43.5 Å². The molecule has 0 bridgehead atoms. The minimum Gasteiger partial charge on any atom is -0.481 e. The van der Waals surface area contributed by atoms with E-state index in [0.717, 1.165) is 48.2 Å². The molecule has 0 saturated carbocycles. The van der Waals surface area contributed by atoms with Crippen molar-refractivity contribution in [3.63, 3.8) is 0 Å². The van der Waals surface area contributed by atoms with E-state index in [4.69, 9.17) is 19.3 Å². The van der Waals surface area contributed by atoms with E-state index < -0.39 is 12.3 Å². The molecule has 40 heavy (non-hydrogen) atoms. The Morgan fingerprint density at radius 2 is 1.73 bits per heavy atom. The van der Waals surface area contributed by atoms with E-state index in [9.17, 15) is 14.7 Å². The summed E-state index contributed by atoms with van der Waals surface area (Å²) >= 11 is 0. The Bertz CT molecular complexity index is 1090. The SMILES string of the molecule is COC[C@@H]1CCCN1C[C@@H]1O[C@H](c2ccc(CNC(=O)CCCC(=O)O)cc2)O[C@H](c2ccc(CO)cc2)[C@@H]1C. The van der Waals surface area contributed by atoms with Crippen molar-refractivity contribution in [1.82, 2.24) is 10.2 Å². The summed E-state index contributed by atoms with van der Waals surface area (Å²) in [5.74, 6) is -0.952. The lowest BCUT2D eigenvalue weighted by molar-refractivity contribution is -0.276. The number of hydrogen-bond donors (Lipinski definition) is 3. The zero-order valence-corrected chi connectivity index (χ0v) is 23.5. The molecule has 0 aromatic heterocycles. The number of nitrogens with one attached hydrogen (secondary N) is 1. The second-order valence-corrected chi connectivity index (χ2v) is 10.8. The molecule has 2 aromatic carbocycles. The number of aliphatic hydroxyl groups excluding tert-OH is 1. The normalized spacial score (nSPS) is 25.1. The predicted molar refractivity (Wildman–Crippen MR) is 149 cm³/mol. The van der Waals surface area contributed by atoms with Crippen LogP contribution in [0.25, 0.3) is 0 Å². The molecule has 0 radical (unpaired) electrons. The number of hydrogen-bond acceptors (Lipinski definition) is 7. The predicted octanol–water partition coefficient (Wildman–Crippen LogP) is 3.95. The molecule has 0 spiro atoms. The highest BCUT2D eigenvalue weighted by molar-refractivity contribution is 5.76. The van der Waals surface area contributed by atoms with Gasteiger partial charge in [-0.25, -0.2) is 0 Å². The van der Waals surface area contributed by atoms with E-state index in [1.165, 1.54) is 0 Å². The fraction of sp³-hybridized carbons (Fsp3) is 0.548. The molecule has 2 aliphatic rings. The lowest BCUT2D eigenvalue weighted by Gasteiger charge is -2.43. The summed E-state index contributed by atoms with van der Waals surface area (Å²) in [6.45, 7) is 5.08. The highest BCUT2D eigenvalue weighted by atomic mass is 16.7. The number of methoxy groups -OCH3 is 1. The Morgan fingerprint density at radius 3 is 2.40 bits per heavy atom. The van der Waals surface area contributed by atoms with Gasteiger partial charge in [0.15, 0.2) is 6.29 Å². The van der Waals surface area contributed by atoms with Crippen LogP contribution in [0.2, 0.25) is 0 Å². The van der Waals surface area contributed by atoms with Crippen molar-refractivity contribution in [2.75, 3.05) is 26.8 Å². The lowest BCUT2D eigenvalue weighted by Crippen LogP contribution is -2.46. The van der Waals surface area contributed by atoms with Gasteiger partial charge >= 0.3 is 5.97 Å². The molecule has 4 rings (SSSR count). The van der Waals surface area contributed by atoms with Crippen molar-refractivity contribution in [3.05, 3.63) is 70.8 Å². The molecular formula is C31H42N2O7. The van der Waals surface area contributed by atoms with Crippen LogP contribution in [0, 0.1) is 5.92 Å². The minimum absolute atomic E-state index is 0.000698. The maximum absolute atomic E-state index is 12.0. The van der Waals surface area contributed by atoms with Crippen molar-refractivity contribution < 1.29 is 34.0 Å². The molecule has 2 saturated heterocycles. The third kappa shape index (κ3) is 8.11. The fourth-order valence-corrected chi connectivity index (χ4v) is 5.56. The van der Waals surface area contributed by atoms with Crippen LogP contribution in [0.1, 0.15) is 73.7 Å². The second-order valence-electron chi connectivity index (χ2n) is 10.8. The molecule has 0 unspecified atom stereocenters. The van der Waals surface area contributed by atoms with Gasteiger partial charge in [0, 0.05) is 50.6 Å². The molecule has 5 atom stereocenters. The number of carbonyl (C=O) groups is 2. The van der Waals surface area contributed by atoms with Crippen LogP contribution >= 0.6 is 0 Å². The Balaban J connectivity index is 1.45. The molecule has 9 heteroatoms. The molecule has 2 heterocycles. The van der Waals surface area contributed by atoms with Crippen molar-refractivity contribution in [2.45, 2.75) is 76.7 Å². The molecule has 2 fully saturated rings. The number of nitrogens with zero attached hydrogens (tertiary/aromatic N) is 1. The third-order valence-corrected chi connectivity index (χ3v) is 7.93. The second kappa shape index (κ2) is 14.7. The Kier molecular flexibility index (Phi) is 11.1. The summed E-state index contributed by atoms with van der Waals surface area (Å²) in [7, 11) is 1.75. The first kappa shape index (κ1) is 30.1. The summed E-state index contributed by atoms with van der Waals surface area (Å²) in [5.41, 5.74) is 3.76. The quantitative estimate of drug-likeness (QED) is 0.341. The maximum atomic E-state index is 12.0. The molecule has 2 aliphatic heterocycles. The number of aliphatic hydroxyl groups is 1. The van der Waals surface area contributed by atoms with Gasteiger partial charge in [0.25, 0.3) is 0 Å². The minimum atomic E-state index is -0.896. The Labute approximate surface area is 236 Å². The molecule has 9 nitrogen and oxygen atoms in total. The molecule has 0 aliphatic carbocycles. The van der Waals surface area contributed by atoms with Gasteiger partial charge in [-0.2, -0.15) is 0 Å². The molecule has 218 valence electrons. The number of ether oxygens (including phenoxy) is 3. The largest absolute Gasteiger partial charge is 0.481 e. The summed E-state index contributed by atoms with van der Waals surface area (Å²) in [5, 5.41) is 21.1. The number of carbonyl (C=O) groups excluding carboxylic acids is 1. The molecule has 3 N–H and O–H groups in total. The number of carboxylic acids is 1. The van der Waals surface area contributed by atoms with Crippen molar-refractivity contribution in [3.8, 4) is 0 Å². The van der Waals surface area contributed by atoms with E-state index in [1.807, 2.05) is 48.5 Å². The van der Waals surface area contributed by atoms with Gasteiger partial charge in [0.2, 0.25) is 5.91 Å². The van der Waals surface area contributed by atoms with Crippen LogP contribution in [0.4, 0.5) is 0 Å². The zero-order valence-electron chi connectivity index (χ0n) is 23.5. The van der Waals surface area contributed by atoms with E-state index >= 15 is 0 Å². The van der Waals surface area contributed by atoms with E-state index in [1.54, 1.807) is 7.11 Å². The molecule has 1 amide bonds. The first-order valence-corrected chi connectivity index (χ1v) is 14.2. The molecule has 2 aromatic rings. The smallest absolute Gasteiger partial charge is 0.303 e. The monoisotopic (exact) mass is 554 g/mol. The lowest BCUT2D eigenvalue weighted by atomic mass is 9.90. The average Bonchev–Trinajstić information content (AvgIpc) is 3.40. The van der Waals surface area contributed by atoms with Crippen LogP contribution in [-0.4, -0.2) is 65.9 Å². The number of amides is 1. The van der Waals surface area contributed by atoms with Crippen LogP contribution in [0.3, 0.4) is 0 Å². The van der Waals surface area contributed by atoms with Gasteiger partial charge in [-0.1, -0.05) is 55.5 Å². The third-order valence-electron chi connectivity index (χ3n) is 7.93. The number of carboxylic acid groups (broad SMARTS) is 1. The summed E-state index contributed by atoms with van der Waals surface area (Å²) in [6.07, 6.45) is 2.00. The van der Waals surface area contributed by atoms with Gasteiger partial charge in [-0.15, -0.1) is 0 Å². The van der Waals surface area contributed by atoms with Crippen LogP contribution in [0.5, 0.6) is 0 Å². The highest BCUT2D eigenvalue weighted by Gasteiger charge is 2.40. The van der Waals surface area contributed by atoms with Crippen LogP contribution in [0.15, 0.2) is 48.5 Å². The zero-order chi connectivity index (χ0) is 28.5. The standard InChI is InChI=1S/C31H42N2O7/c1-21-27(18-33-16-4-5-26(33)20-38-2)39-31(40-30(21)24-12-10-23(19-34)11-13-24)25-14-8-22(9-15-25)17-32-28(35)6-3-7-29(36)37/h8-15,21,26-27,30-31,34H,3-7,16-20H2,1-2H3,(H,32,35)(H,36,37)/t21-,26+,27+,30+,31+/m1/s1. The summed E-state index contributed by atoms with van der Waals surface area (Å²) < 4.78 is 18.7. The Hall–Kier alpha value is -2.82. The Morgan fingerprint density at radius 1 is 1.02 bits per heavy atom. The van der Waals surface area contributed by atoms with Crippen LogP contribution in [-0.2, 0) is 37.0 Å². The van der Waals surface area contributed by atoms with Crippen molar-refractivity contribution in [2.24, 2.45) is 5.92 Å². The average molecular weight is 555 g/mol. The molecular weight excluding hydrogens is 512 g/mol. The van der Waals surface area contributed by atoms with Crippen molar-refractivity contribution in [1.29, 1.82) is 0 Å². The number of aliphatic carboxylic acids is 1. The van der Waals surface area contributed by atoms with Gasteiger partial charge in [0.05, 0.1) is 25.4 Å². The number of benzene rings is 2. The van der Waals surface area contributed by atoms with Gasteiger partial charge in [-0.05, 0) is 42.5 Å². The van der Waals surface area contributed by atoms with Gasteiger partial charge in [-0.3, -0.25) is 14.5 Å². The maximum Gasteiger partial charge on any atom is 0.303 e. The van der Waals surface area contributed by atoms with Gasteiger partial charge < -0.3 is 29.7 Å². The van der Waals surface area contributed by atoms with E-state index in [0.29, 0.717) is 25.6 Å². The van der Waals surface area contributed by atoms with E-state index in [2.05, 4.69) is 17.1 Å². The number of likely N-dealkylation sites (tertiary alicyclic amines) is 1. The summed E-state index contributed by atoms with van der Waals surface area (Å²) in [4.78, 5) is 25.1. The summed E-state index contributed by atoms with van der Waals surface area (Å²) in [6, 6.07) is 16.2. The fourth-order valence-electron chi connectivity index (χ4n) is 5.56. The first-order chi connectivity index (χ1) is 19.4. The topological polar surface area (TPSA) is 118 Å². The highest BCUT2D eigenvalue weighted by Crippen LogP contribution is 2.42. The van der Waals surface area contributed by atoms with Crippen molar-refractivity contribution >= 4 is 11.9 Å².